The Morgan fingerprint density at radius 1 is 1.37 bits per heavy atom. The monoisotopic (exact) mass is 416 g/mol. The van der Waals surface area contributed by atoms with Crippen molar-refractivity contribution in [3.8, 4) is 5.75 Å². The topological polar surface area (TPSA) is 80.6 Å². The molecule has 1 aromatic rings. The third-order valence-electron chi connectivity index (χ3n) is 7.28. The predicted molar refractivity (Wildman–Crippen MR) is 113 cm³/mol. The normalized spacial score (nSPS) is 31.2. The lowest BCUT2D eigenvalue weighted by atomic mass is 9.68. The molecule has 30 heavy (non-hydrogen) atoms. The molecule has 3 aliphatic heterocycles. The van der Waals surface area contributed by atoms with Crippen LogP contribution in [0.25, 0.3) is 0 Å². The molecule has 0 radical (unpaired) electrons. The Kier molecular flexibility index (Phi) is 5.88. The highest BCUT2D eigenvalue weighted by molar-refractivity contribution is 6.05. The average Bonchev–Trinajstić information content (AvgIpc) is 3.09. The van der Waals surface area contributed by atoms with Gasteiger partial charge in [0, 0.05) is 20.2 Å². The maximum absolute atomic E-state index is 12.6. The van der Waals surface area contributed by atoms with E-state index in [1.54, 1.807) is 14.2 Å². The lowest BCUT2D eigenvalue weighted by Crippen LogP contribution is -2.61. The van der Waals surface area contributed by atoms with Crippen molar-refractivity contribution in [1.82, 2.24) is 4.90 Å². The fourth-order valence-corrected chi connectivity index (χ4v) is 5.77. The number of aliphatic hydroxyl groups is 1. The molecule has 7 nitrogen and oxygen atoms in total. The molecule has 0 aromatic heterocycles. The molecule has 0 spiro atoms. The highest BCUT2D eigenvalue weighted by atomic mass is 16.5. The highest BCUT2D eigenvalue weighted by Gasteiger charge is 2.54. The summed E-state index contributed by atoms with van der Waals surface area (Å²) in [5.41, 5.74) is 1.23. The molecule has 1 aromatic carbocycles. The van der Waals surface area contributed by atoms with Gasteiger partial charge in [-0.05, 0) is 36.8 Å². The fourth-order valence-electron chi connectivity index (χ4n) is 5.77. The zero-order valence-electron chi connectivity index (χ0n) is 18.3. The summed E-state index contributed by atoms with van der Waals surface area (Å²) in [6.07, 6.45) is 2.32. The van der Waals surface area contributed by atoms with Crippen LogP contribution in [0.5, 0.6) is 5.75 Å². The van der Waals surface area contributed by atoms with Crippen LogP contribution in [0, 0.1) is 17.8 Å². The molecule has 1 N–H and O–H groups in total. The number of carbonyl (C=O) groups excluding carboxylic acids is 1. The largest absolute Gasteiger partial charge is 0.496 e. The Balaban J connectivity index is 1.69. The van der Waals surface area contributed by atoms with Gasteiger partial charge >= 0.3 is 5.97 Å². The summed E-state index contributed by atoms with van der Waals surface area (Å²) < 4.78 is 16.0. The van der Waals surface area contributed by atoms with Crippen molar-refractivity contribution in [1.29, 1.82) is 0 Å². The number of rotatable bonds is 6. The van der Waals surface area contributed by atoms with Gasteiger partial charge in [-0.2, -0.15) is 0 Å². The van der Waals surface area contributed by atoms with Gasteiger partial charge in [-0.3, -0.25) is 14.7 Å². The van der Waals surface area contributed by atoms with Gasteiger partial charge in [-0.1, -0.05) is 19.4 Å². The molecule has 0 bridgehead atoms. The maximum atomic E-state index is 12.6. The van der Waals surface area contributed by atoms with Crippen LogP contribution in [0.2, 0.25) is 0 Å². The number of esters is 1. The molecule has 7 heteroatoms. The summed E-state index contributed by atoms with van der Waals surface area (Å²) in [6.45, 7) is 4.18. The summed E-state index contributed by atoms with van der Waals surface area (Å²) in [7, 11) is 4.68. The second-order valence-electron chi connectivity index (χ2n) is 8.63. The van der Waals surface area contributed by atoms with E-state index in [9.17, 15) is 9.90 Å². The Bertz CT molecular complexity index is 841. The van der Waals surface area contributed by atoms with Crippen molar-refractivity contribution >= 4 is 17.4 Å². The fraction of sp³-hybridized carbons (Fsp3) is 0.652. The van der Waals surface area contributed by atoms with Crippen molar-refractivity contribution in [2.75, 3.05) is 41.0 Å². The lowest BCUT2D eigenvalue weighted by Gasteiger charge is -2.51. The highest BCUT2D eigenvalue weighted by Crippen LogP contribution is 2.51. The molecule has 5 atom stereocenters. The first-order valence-electron chi connectivity index (χ1n) is 10.8. The van der Waals surface area contributed by atoms with E-state index >= 15 is 0 Å². The third kappa shape index (κ3) is 3.24. The molecule has 164 valence electrons. The van der Waals surface area contributed by atoms with Crippen molar-refractivity contribution in [2.45, 2.75) is 37.8 Å². The molecule has 2 fully saturated rings. The average molecular weight is 417 g/mol. The van der Waals surface area contributed by atoms with Crippen molar-refractivity contribution in [3.63, 3.8) is 0 Å². The Morgan fingerprint density at radius 2 is 2.17 bits per heavy atom. The second-order valence-corrected chi connectivity index (χ2v) is 8.63. The smallest absolute Gasteiger partial charge is 0.311 e. The van der Waals surface area contributed by atoms with Gasteiger partial charge < -0.3 is 19.3 Å². The number of nitrogens with zero attached hydrogens (tertiary/aromatic N) is 2. The number of fused-ring (bicyclic) bond motifs is 5. The summed E-state index contributed by atoms with van der Waals surface area (Å²) in [5.74, 6) is 0.608. The van der Waals surface area contributed by atoms with Crippen LogP contribution < -0.4 is 4.74 Å². The van der Waals surface area contributed by atoms with E-state index in [1.807, 2.05) is 18.2 Å². The number of benzene rings is 1. The minimum Gasteiger partial charge on any atom is -0.496 e. The van der Waals surface area contributed by atoms with E-state index in [2.05, 4.69) is 11.8 Å². The van der Waals surface area contributed by atoms with Crippen LogP contribution in [0.1, 0.15) is 31.7 Å². The van der Waals surface area contributed by atoms with E-state index in [1.165, 1.54) is 7.11 Å². The molecular weight excluding hydrogens is 384 g/mol. The summed E-state index contributed by atoms with van der Waals surface area (Å²) in [4.78, 5) is 19.9. The first-order valence-corrected chi connectivity index (χ1v) is 10.8. The minimum atomic E-state index is -1.12. The lowest BCUT2D eigenvalue weighted by molar-refractivity contribution is -0.152. The molecule has 0 amide bonds. The number of methoxy groups -OCH3 is 3. The Labute approximate surface area is 178 Å². The van der Waals surface area contributed by atoms with Crippen LogP contribution in [-0.4, -0.2) is 68.8 Å². The van der Waals surface area contributed by atoms with E-state index in [4.69, 9.17) is 19.2 Å². The van der Waals surface area contributed by atoms with Gasteiger partial charge in [0.1, 0.15) is 11.4 Å². The van der Waals surface area contributed by atoms with Gasteiger partial charge in [0.05, 0.1) is 49.7 Å². The van der Waals surface area contributed by atoms with E-state index in [0.717, 1.165) is 42.9 Å². The van der Waals surface area contributed by atoms with Crippen molar-refractivity contribution in [2.24, 2.45) is 22.7 Å². The predicted octanol–water partition coefficient (Wildman–Crippen LogP) is 2.52. The Morgan fingerprint density at radius 3 is 2.83 bits per heavy atom. The molecule has 3 heterocycles. The van der Waals surface area contributed by atoms with Gasteiger partial charge in [0.15, 0.2) is 0 Å². The van der Waals surface area contributed by atoms with Crippen molar-refractivity contribution < 1.29 is 24.1 Å². The molecule has 0 unspecified atom stereocenters. The number of piperidine rings is 2. The zero-order chi connectivity index (χ0) is 21.5. The second kappa shape index (κ2) is 8.29. The quantitative estimate of drug-likeness (QED) is 0.718. The summed E-state index contributed by atoms with van der Waals surface area (Å²) >= 11 is 0. The van der Waals surface area contributed by atoms with E-state index in [-0.39, 0.29) is 23.8 Å². The molecule has 3 aliphatic rings. The minimum absolute atomic E-state index is 0.0160. The number of hydrogen-bond donors (Lipinski definition) is 1. The van der Waals surface area contributed by atoms with Crippen LogP contribution in [0.4, 0.5) is 5.69 Å². The number of hydrogen-bond acceptors (Lipinski definition) is 7. The number of aliphatic imine (C=N–C) groups is 1. The van der Waals surface area contributed by atoms with E-state index in [0.29, 0.717) is 24.7 Å². The molecular formula is C23H32N2O5. The first kappa shape index (κ1) is 21.3. The first-order chi connectivity index (χ1) is 14.5. The third-order valence-corrected chi connectivity index (χ3v) is 7.28. The number of carbonyl (C=O) groups is 1. The molecule has 2 saturated heterocycles. The zero-order valence-corrected chi connectivity index (χ0v) is 18.3. The van der Waals surface area contributed by atoms with Crippen LogP contribution in [0.3, 0.4) is 0 Å². The van der Waals surface area contributed by atoms with Crippen LogP contribution in [0.15, 0.2) is 23.2 Å². The van der Waals surface area contributed by atoms with Gasteiger partial charge in [0.2, 0.25) is 0 Å². The summed E-state index contributed by atoms with van der Waals surface area (Å²) in [5, 5.41) is 11.8. The summed E-state index contributed by atoms with van der Waals surface area (Å²) in [6, 6.07) is 5.70. The SMILES string of the molecule is CC[C@@H]1CN2CC[C@@]3(O)C(=Nc4cccc(OC)c43)[C@@H]2C[C@@H]1[C@@H](COC)C(=O)OC. The van der Waals surface area contributed by atoms with Gasteiger partial charge in [0.25, 0.3) is 0 Å². The Hall–Kier alpha value is -1.96. The van der Waals surface area contributed by atoms with E-state index < -0.39 is 5.60 Å². The maximum Gasteiger partial charge on any atom is 0.311 e. The molecule has 0 saturated carbocycles. The van der Waals surface area contributed by atoms with Crippen LogP contribution >= 0.6 is 0 Å². The number of ether oxygens (including phenoxy) is 3. The standard InChI is InChI=1S/C23H32N2O5/c1-5-14-12-25-10-9-23(27)20-17(7-6-8-19(20)29-3)24-21(23)18(25)11-15(14)16(13-28-2)22(26)30-4/h6-8,14-16,18,27H,5,9-13H2,1-4H3/t14-,15+,16-,18+,23+/m1/s1. The van der Waals surface area contributed by atoms with Gasteiger partial charge in [-0.25, -0.2) is 0 Å². The van der Waals surface area contributed by atoms with Gasteiger partial charge in [-0.15, -0.1) is 0 Å². The molecule has 0 aliphatic carbocycles. The molecule has 4 rings (SSSR count). The van der Waals surface area contributed by atoms with Crippen molar-refractivity contribution in [3.05, 3.63) is 23.8 Å². The van der Waals surface area contributed by atoms with Crippen LogP contribution in [-0.2, 0) is 19.9 Å².